The maximum atomic E-state index is 11.0. The van der Waals surface area contributed by atoms with E-state index in [1.807, 2.05) is 0 Å². The number of carbonyl (C=O) groups excluding carboxylic acids is 1. The molecule has 0 fully saturated rings. The van der Waals surface area contributed by atoms with Gasteiger partial charge in [0.25, 0.3) is 0 Å². The van der Waals surface area contributed by atoms with Gasteiger partial charge >= 0.3 is 0 Å². The summed E-state index contributed by atoms with van der Waals surface area (Å²) in [4.78, 5) is 14.9. The lowest BCUT2D eigenvalue weighted by molar-refractivity contribution is -0.122. The van der Waals surface area contributed by atoms with Gasteiger partial charge in [-0.05, 0) is 13.8 Å². The molecule has 0 aliphatic rings. The van der Waals surface area contributed by atoms with Crippen LogP contribution in [0.15, 0.2) is 4.52 Å². The third kappa shape index (κ3) is 2.83. The predicted molar refractivity (Wildman–Crippen MR) is 44.5 cm³/mol. The molecule has 6 heteroatoms. The molecule has 3 N–H and O–H groups in total. The van der Waals surface area contributed by atoms with Crippen LogP contribution in [0.3, 0.4) is 0 Å². The quantitative estimate of drug-likeness (QED) is 0.650. The smallest absolute Gasteiger partial charge is 0.246 e. The van der Waals surface area contributed by atoms with E-state index in [0.29, 0.717) is 11.7 Å². The summed E-state index contributed by atoms with van der Waals surface area (Å²) >= 11 is 0. The van der Waals surface area contributed by atoms with E-state index in [2.05, 4.69) is 15.5 Å². The molecular weight excluding hydrogens is 172 g/mol. The Kier molecular flexibility index (Phi) is 2.97. The van der Waals surface area contributed by atoms with Crippen molar-refractivity contribution in [1.29, 1.82) is 0 Å². The lowest BCUT2D eigenvalue weighted by Gasteiger charge is -2.03. The lowest BCUT2D eigenvalue weighted by Crippen LogP contribution is -2.37. The average Bonchev–Trinajstić information content (AvgIpc) is 2.47. The Morgan fingerprint density at radius 3 is 2.92 bits per heavy atom. The van der Waals surface area contributed by atoms with Gasteiger partial charge in [0.05, 0.1) is 12.6 Å². The molecule has 0 saturated heterocycles. The number of amides is 1. The van der Waals surface area contributed by atoms with Crippen LogP contribution in [0.4, 0.5) is 0 Å². The Balaban J connectivity index is 2.39. The molecule has 0 radical (unpaired) electrons. The zero-order chi connectivity index (χ0) is 9.84. The predicted octanol–water partition coefficient (Wildman–Crippen LogP) is -0.659. The Morgan fingerprint density at radius 1 is 1.77 bits per heavy atom. The second-order valence-corrected chi connectivity index (χ2v) is 2.74. The van der Waals surface area contributed by atoms with E-state index in [4.69, 9.17) is 10.3 Å². The maximum absolute atomic E-state index is 11.0. The molecule has 1 heterocycles. The molecule has 0 aromatic carbocycles. The number of rotatable bonds is 3. The van der Waals surface area contributed by atoms with Crippen LogP contribution in [-0.4, -0.2) is 22.1 Å². The van der Waals surface area contributed by atoms with Gasteiger partial charge in [-0.15, -0.1) is 0 Å². The highest BCUT2D eigenvalue weighted by atomic mass is 16.5. The van der Waals surface area contributed by atoms with Crippen LogP contribution < -0.4 is 11.1 Å². The van der Waals surface area contributed by atoms with E-state index in [-0.39, 0.29) is 12.5 Å². The molecule has 1 amide bonds. The maximum Gasteiger partial charge on any atom is 0.246 e. The Morgan fingerprint density at radius 2 is 2.46 bits per heavy atom. The number of aromatic nitrogens is 2. The van der Waals surface area contributed by atoms with Crippen molar-refractivity contribution in [2.75, 3.05) is 0 Å². The first kappa shape index (κ1) is 9.66. The number of nitrogens with two attached hydrogens (primary N) is 1. The van der Waals surface area contributed by atoms with Gasteiger partial charge in [0.1, 0.15) is 0 Å². The molecule has 1 aromatic heterocycles. The van der Waals surface area contributed by atoms with E-state index in [0.717, 1.165) is 0 Å². The minimum absolute atomic E-state index is 0.223. The zero-order valence-electron chi connectivity index (χ0n) is 7.57. The van der Waals surface area contributed by atoms with Gasteiger partial charge in [0, 0.05) is 0 Å². The monoisotopic (exact) mass is 184 g/mol. The fourth-order valence-electron chi connectivity index (χ4n) is 0.736. The fourth-order valence-corrected chi connectivity index (χ4v) is 0.736. The standard InChI is InChI=1S/C7H12N4O2/c1-4(8)7(12)9-3-6-10-5(2)11-13-6/h4H,3,8H2,1-2H3,(H,9,12)/t4-/m0/s1. The first-order valence-electron chi connectivity index (χ1n) is 3.92. The summed E-state index contributed by atoms with van der Waals surface area (Å²) in [6.45, 7) is 3.54. The number of carbonyl (C=O) groups is 1. The summed E-state index contributed by atoms with van der Waals surface area (Å²) in [6, 6.07) is -0.524. The van der Waals surface area contributed by atoms with Crippen LogP contribution in [0.2, 0.25) is 0 Å². The number of aryl methyl sites for hydroxylation is 1. The van der Waals surface area contributed by atoms with Gasteiger partial charge in [0.2, 0.25) is 11.8 Å². The topological polar surface area (TPSA) is 94.0 Å². The highest BCUT2D eigenvalue weighted by molar-refractivity contribution is 5.80. The van der Waals surface area contributed by atoms with Crippen molar-refractivity contribution >= 4 is 5.91 Å². The Labute approximate surface area is 75.5 Å². The largest absolute Gasteiger partial charge is 0.346 e. The molecule has 1 aromatic rings. The second-order valence-electron chi connectivity index (χ2n) is 2.74. The van der Waals surface area contributed by atoms with E-state index < -0.39 is 6.04 Å². The molecule has 0 saturated carbocycles. The fraction of sp³-hybridized carbons (Fsp3) is 0.571. The van der Waals surface area contributed by atoms with Crippen molar-refractivity contribution < 1.29 is 9.32 Å². The molecular formula is C7H12N4O2. The summed E-state index contributed by atoms with van der Waals surface area (Å²) in [7, 11) is 0. The molecule has 1 atom stereocenters. The molecule has 6 nitrogen and oxygen atoms in total. The molecule has 0 bridgehead atoms. The van der Waals surface area contributed by atoms with Gasteiger partial charge < -0.3 is 15.6 Å². The SMILES string of the molecule is Cc1noc(CNC(=O)[C@H](C)N)n1. The summed E-state index contributed by atoms with van der Waals surface area (Å²) in [5.41, 5.74) is 5.33. The highest BCUT2D eigenvalue weighted by Gasteiger charge is 2.08. The van der Waals surface area contributed by atoms with Crippen LogP contribution in [0.5, 0.6) is 0 Å². The third-order valence-electron chi connectivity index (χ3n) is 1.40. The van der Waals surface area contributed by atoms with Gasteiger partial charge in [-0.25, -0.2) is 0 Å². The molecule has 13 heavy (non-hydrogen) atoms. The van der Waals surface area contributed by atoms with Crippen molar-refractivity contribution in [2.45, 2.75) is 26.4 Å². The van der Waals surface area contributed by atoms with Crippen molar-refractivity contribution in [3.05, 3.63) is 11.7 Å². The minimum atomic E-state index is -0.524. The Bertz CT molecular complexity index is 294. The van der Waals surface area contributed by atoms with Crippen molar-refractivity contribution in [3.63, 3.8) is 0 Å². The summed E-state index contributed by atoms with van der Waals surface area (Å²) < 4.78 is 4.78. The van der Waals surface area contributed by atoms with Crippen LogP contribution in [0.25, 0.3) is 0 Å². The second kappa shape index (κ2) is 3.99. The minimum Gasteiger partial charge on any atom is -0.346 e. The van der Waals surface area contributed by atoms with Gasteiger partial charge in [-0.1, -0.05) is 5.16 Å². The van der Waals surface area contributed by atoms with Crippen molar-refractivity contribution in [2.24, 2.45) is 5.73 Å². The van der Waals surface area contributed by atoms with Gasteiger partial charge in [0.15, 0.2) is 5.82 Å². The first-order valence-corrected chi connectivity index (χ1v) is 3.92. The highest BCUT2D eigenvalue weighted by Crippen LogP contribution is 1.94. The zero-order valence-corrected chi connectivity index (χ0v) is 7.57. The van der Waals surface area contributed by atoms with E-state index >= 15 is 0 Å². The molecule has 1 rings (SSSR count). The van der Waals surface area contributed by atoms with Gasteiger partial charge in [-0.2, -0.15) is 4.98 Å². The first-order chi connectivity index (χ1) is 6.09. The summed E-state index contributed by atoms with van der Waals surface area (Å²) in [5.74, 6) is 0.687. The van der Waals surface area contributed by atoms with Crippen LogP contribution in [-0.2, 0) is 11.3 Å². The number of hydrogen-bond acceptors (Lipinski definition) is 5. The molecule has 0 spiro atoms. The van der Waals surface area contributed by atoms with E-state index in [1.165, 1.54) is 0 Å². The molecule has 72 valence electrons. The molecule has 0 aliphatic heterocycles. The normalized spacial score (nSPS) is 12.5. The molecule has 0 aliphatic carbocycles. The summed E-state index contributed by atoms with van der Waals surface area (Å²) in [6.07, 6.45) is 0. The molecule has 0 unspecified atom stereocenters. The van der Waals surface area contributed by atoms with Crippen LogP contribution >= 0.6 is 0 Å². The number of hydrogen-bond donors (Lipinski definition) is 2. The number of nitrogens with zero attached hydrogens (tertiary/aromatic N) is 2. The van der Waals surface area contributed by atoms with Gasteiger partial charge in [-0.3, -0.25) is 4.79 Å². The summed E-state index contributed by atoms with van der Waals surface area (Å²) in [5, 5.41) is 6.12. The lowest BCUT2D eigenvalue weighted by atomic mass is 10.3. The van der Waals surface area contributed by atoms with Crippen molar-refractivity contribution in [1.82, 2.24) is 15.5 Å². The number of nitrogens with one attached hydrogen (secondary N) is 1. The van der Waals surface area contributed by atoms with Crippen LogP contribution in [0, 0.1) is 6.92 Å². The average molecular weight is 184 g/mol. The Hall–Kier alpha value is -1.43. The van der Waals surface area contributed by atoms with Crippen LogP contribution in [0.1, 0.15) is 18.6 Å². The third-order valence-corrected chi connectivity index (χ3v) is 1.40. The van der Waals surface area contributed by atoms with E-state index in [1.54, 1.807) is 13.8 Å². The van der Waals surface area contributed by atoms with E-state index in [9.17, 15) is 4.79 Å². The van der Waals surface area contributed by atoms with Crippen molar-refractivity contribution in [3.8, 4) is 0 Å².